The summed E-state index contributed by atoms with van der Waals surface area (Å²) in [5.74, 6) is 0.766. The Morgan fingerprint density at radius 1 is 1.44 bits per heavy atom. The number of aryl methyl sites for hydroxylation is 2. The van der Waals surface area contributed by atoms with Gasteiger partial charge < -0.3 is 10.1 Å². The van der Waals surface area contributed by atoms with Gasteiger partial charge in [-0.25, -0.2) is 9.67 Å². The molecule has 2 heterocycles. The zero-order valence-electron chi connectivity index (χ0n) is 10.6. The third kappa shape index (κ3) is 2.56. The van der Waals surface area contributed by atoms with Crippen LogP contribution in [0.3, 0.4) is 0 Å². The van der Waals surface area contributed by atoms with Gasteiger partial charge in [-0.2, -0.15) is 5.10 Å². The van der Waals surface area contributed by atoms with Crippen molar-refractivity contribution in [3.05, 3.63) is 34.7 Å². The fourth-order valence-corrected chi connectivity index (χ4v) is 1.92. The molecule has 1 N–H and O–H groups in total. The normalized spacial score (nSPS) is 10.4. The van der Waals surface area contributed by atoms with Crippen molar-refractivity contribution in [1.82, 2.24) is 14.8 Å². The quantitative estimate of drug-likeness (QED) is 0.864. The fraction of sp³-hybridized carbons (Fsp3) is 0.333. The molecule has 2 aromatic rings. The Bertz CT molecular complexity index is 536. The number of anilines is 1. The highest BCUT2D eigenvalue weighted by molar-refractivity contribution is 6.29. The molecule has 5 nitrogen and oxygen atoms in total. The number of halogens is 1. The van der Waals surface area contributed by atoms with E-state index in [0.29, 0.717) is 11.7 Å². The molecule has 0 aliphatic carbocycles. The van der Waals surface area contributed by atoms with Gasteiger partial charge in [-0.15, -0.1) is 0 Å². The first-order valence-corrected chi connectivity index (χ1v) is 5.91. The Hall–Kier alpha value is -1.75. The number of pyridine rings is 1. The maximum Gasteiger partial charge on any atom is 0.216 e. The summed E-state index contributed by atoms with van der Waals surface area (Å²) < 4.78 is 7.06. The number of aromatic nitrogens is 3. The van der Waals surface area contributed by atoms with Crippen LogP contribution < -0.4 is 10.1 Å². The van der Waals surface area contributed by atoms with Gasteiger partial charge in [0.25, 0.3) is 0 Å². The topological polar surface area (TPSA) is 52.0 Å². The van der Waals surface area contributed by atoms with Crippen LogP contribution in [0.25, 0.3) is 0 Å². The standard InChI is InChI=1S/C12H15ClN4O/c1-8-10(12(18-3)17(2)16-8)7-14-9-4-5-11(13)15-6-9/h4-6,14H,7H2,1-3H3. The third-order valence-corrected chi connectivity index (χ3v) is 2.90. The van der Waals surface area contributed by atoms with Gasteiger partial charge >= 0.3 is 0 Å². The first kappa shape index (κ1) is 12.7. The summed E-state index contributed by atoms with van der Waals surface area (Å²) in [4.78, 5) is 4.01. The van der Waals surface area contributed by atoms with Crippen LogP contribution in [0.2, 0.25) is 5.15 Å². The van der Waals surface area contributed by atoms with Gasteiger partial charge in [-0.05, 0) is 19.1 Å². The lowest BCUT2D eigenvalue weighted by molar-refractivity contribution is 0.370. The van der Waals surface area contributed by atoms with Gasteiger partial charge in [0, 0.05) is 13.6 Å². The van der Waals surface area contributed by atoms with Crippen molar-refractivity contribution in [3.63, 3.8) is 0 Å². The van der Waals surface area contributed by atoms with E-state index in [1.165, 1.54) is 0 Å². The maximum atomic E-state index is 5.73. The third-order valence-electron chi connectivity index (χ3n) is 2.68. The number of methoxy groups -OCH3 is 1. The maximum absolute atomic E-state index is 5.73. The lowest BCUT2D eigenvalue weighted by Gasteiger charge is -2.07. The number of ether oxygens (including phenoxy) is 1. The second-order valence-electron chi connectivity index (χ2n) is 3.92. The Labute approximate surface area is 111 Å². The molecule has 0 radical (unpaired) electrons. The summed E-state index contributed by atoms with van der Waals surface area (Å²) in [6.45, 7) is 2.59. The molecule has 0 saturated heterocycles. The molecular formula is C12H15ClN4O. The van der Waals surface area contributed by atoms with E-state index in [1.807, 2.05) is 20.0 Å². The summed E-state index contributed by atoms with van der Waals surface area (Å²) in [6, 6.07) is 3.63. The molecule has 96 valence electrons. The molecule has 0 unspecified atom stereocenters. The highest BCUT2D eigenvalue weighted by Crippen LogP contribution is 2.22. The molecule has 0 aliphatic rings. The van der Waals surface area contributed by atoms with Gasteiger partial charge in [0.15, 0.2) is 0 Å². The lowest BCUT2D eigenvalue weighted by atomic mass is 10.2. The van der Waals surface area contributed by atoms with Crippen molar-refractivity contribution in [2.24, 2.45) is 7.05 Å². The molecule has 0 saturated carbocycles. The molecule has 0 fully saturated rings. The summed E-state index contributed by atoms with van der Waals surface area (Å²) in [6.07, 6.45) is 1.69. The second-order valence-corrected chi connectivity index (χ2v) is 4.31. The summed E-state index contributed by atoms with van der Waals surface area (Å²) in [5.41, 5.74) is 2.89. The highest BCUT2D eigenvalue weighted by atomic mass is 35.5. The minimum Gasteiger partial charge on any atom is -0.481 e. The molecule has 2 rings (SSSR count). The Kier molecular flexibility index (Phi) is 3.72. The second kappa shape index (κ2) is 5.27. The van der Waals surface area contributed by atoms with Crippen molar-refractivity contribution in [2.75, 3.05) is 12.4 Å². The number of hydrogen-bond acceptors (Lipinski definition) is 4. The molecule has 0 aliphatic heterocycles. The Morgan fingerprint density at radius 2 is 2.22 bits per heavy atom. The van der Waals surface area contributed by atoms with Gasteiger partial charge in [0.1, 0.15) is 5.15 Å². The number of nitrogens with zero attached hydrogens (tertiary/aromatic N) is 3. The zero-order chi connectivity index (χ0) is 13.1. The molecule has 2 aromatic heterocycles. The zero-order valence-corrected chi connectivity index (χ0v) is 11.3. The van der Waals surface area contributed by atoms with Crippen molar-refractivity contribution < 1.29 is 4.74 Å². The van der Waals surface area contributed by atoms with Crippen LogP contribution in [0, 0.1) is 6.92 Å². The lowest BCUT2D eigenvalue weighted by Crippen LogP contribution is -2.03. The molecule has 18 heavy (non-hydrogen) atoms. The average Bonchev–Trinajstić information content (AvgIpc) is 2.62. The largest absolute Gasteiger partial charge is 0.481 e. The van der Waals surface area contributed by atoms with Crippen molar-refractivity contribution in [1.29, 1.82) is 0 Å². The molecule has 0 atom stereocenters. The molecule has 0 aromatic carbocycles. The van der Waals surface area contributed by atoms with Gasteiger partial charge in [-0.1, -0.05) is 11.6 Å². The first-order chi connectivity index (χ1) is 8.61. The van der Waals surface area contributed by atoms with E-state index in [4.69, 9.17) is 16.3 Å². The SMILES string of the molecule is COc1c(CNc2ccc(Cl)nc2)c(C)nn1C. The predicted molar refractivity (Wildman–Crippen MR) is 71.1 cm³/mol. The van der Waals surface area contributed by atoms with E-state index in [9.17, 15) is 0 Å². The van der Waals surface area contributed by atoms with Crippen molar-refractivity contribution in [3.8, 4) is 5.88 Å². The van der Waals surface area contributed by atoms with Gasteiger partial charge in [0.2, 0.25) is 5.88 Å². The number of hydrogen-bond donors (Lipinski definition) is 1. The number of rotatable bonds is 4. The van der Waals surface area contributed by atoms with Gasteiger partial charge in [-0.3, -0.25) is 0 Å². The van der Waals surface area contributed by atoms with Crippen LogP contribution >= 0.6 is 11.6 Å². The average molecular weight is 267 g/mol. The molecule has 0 spiro atoms. The van der Waals surface area contributed by atoms with Crippen molar-refractivity contribution in [2.45, 2.75) is 13.5 Å². The summed E-state index contributed by atoms with van der Waals surface area (Å²) >= 11 is 5.73. The van der Waals surface area contributed by atoms with Crippen molar-refractivity contribution >= 4 is 17.3 Å². The van der Waals surface area contributed by atoms with E-state index >= 15 is 0 Å². The Morgan fingerprint density at radius 3 is 2.83 bits per heavy atom. The van der Waals surface area contributed by atoms with Crippen LogP contribution in [0.15, 0.2) is 18.3 Å². The van der Waals surface area contributed by atoms with E-state index in [2.05, 4.69) is 15.4 Å². The summed E-state index contributed by atoms with van der Waals surface area (Å²) in [7, 11) is 3.50. The monoisotopic (exact) mass is 266 g/mol. The smallest absolute Gasteiger partial charge is 0.216 e. The Balaban J connectivity index is 2.12. The van der Waals surface area contributed by atoms with Crippen LogP contribution in [0.4, 0.5) is 5.69 Å². The van der Waals surface area contributed by atoms with E-state index in [-0.39, 0.29) is 0 Å². The van der Waals surface area contributed by atoms with E-state index in [1.54, 1.807) is 24.1 Å². The van der Waals surface area contributed by atoms with Crippen LogP contribution in [-0.2, 0) is 13.6 Å². The van der Waals surface area contributed by atoms with Crippen LogP contribution in [-0.4, -0.2) is 21.9 Å². The minimum atomic E-state index is 0.482. The van der Waals surface area contributed by atoms with Gasteiger partial charge in [0.05, 0.1) is 30.3 Å². The summed E-state index contributed by atoms with van der Waals surface area (Å²) in [5, 5.41) is 8.07. The molecule has 6 heteroatoms. The minimum absolute atomic E-state index is 0.482. The van der Waals surface area contributed by atoms with E-state index < -0.39 is 0 Å². The molecular weight excluding hydrogens is 252 g/mol. The molecule has 0 bridgehead atoms. The number of nitrogens with one attached hydrogen (secondary N) is 1. The predicted octanol–water partition coefficient (Wildman–Crippen LogP) is 2.40. The van der Waals surface area contributed by atoms with Crippen LogP contribution in [0.5, 0.6) is 5.88 Å². The molecule has 0 amide bonds. The fourth-order valence-electron chi connectivity index (χ4n) is 1.81. The van der Waals surface area contributed by atoms with E-state index in [0.717, 1.165) is 22.8 Å². The highest BCUT2D eigenvalue weighted by Gasteiger charge is 2.13. The van der Waals surface area contributed by atoms with Crippen LogP contribution in [0.1, 0.15) is 11.3 Å². The first-order valence-electron chi connectivity index (χ1n) is 5.53.